The summed E-state index contributed by atoms with van der Waals surface area (Å²) in [5, 5.41) is 0. The van der Waals surface area contributed by atoms with Crippen molar-refractivity contribution in [2.24, 2.45) is 5.73 Å². The van der Waals surface area contributed by atoms with E-state index < -0.39 is 0 Å². The van der Waals surface area contributed by atoms with Crippen molar-refractivity contribution in [3.05, 3.63) is 29.8 Å². The Balaban J connectivity index is 1.75. The molecule has 4 nitrogen and oxygen atoms in total. The largest absolute Gasteiger partial charge is 0.367 e. The van der Waals surface area contributed by atoms with Crippen LogP contribution < -0.4 is 10.6 Å². The van der Waals surface area contributed by atoms with Gasteiger partial charge in [0.2, 0.25) is 0 Å². The minimum atomic E-state index is 0.222. The van der Waals surface area contributed by atoms with Gasteiger partial charge in [-0.1, -0.05) is 18.2 Å². The van der Waals surface area contributed by atoms with Crippen molar-refractivity contribution in [2.75, 3.05) is 31.4 Å². The number of para-hydroxylation sites is 1. The van der Waals surface area contributed by atoms with Gasteiger partial charge in [0.1, 0.15) is 6.79 Å². The zero-order chi connectivity index (χ0) is 12.4. The average molecular weight is 248 g/mol. The molecule has 0 amide bonds. The molecule has 4 heteroatoms. The maximum Gasteiger partial charge on any atom is 0.147 e. The van der Waals surface area contributed by atoms with Crippen LogP contribution in [0.5, 0.6) is 0 Å². The first-order chi connectivity index (χ1) is 8.83. The topological polar surface area (TPSA) is 47.7 Å². The van der Waals surface area contributed by atoms with E-state index in [1.807, 2.05) is 0 Å². The predicted octanol–water partition coefficient (Wildman–Crippen LogP) is 1.14. The van der Waals surface area contributed by atoms with E-state index >= 15 is 0 Å². The first-order valence-electron chi connectivity index (χ1n) is 6.61. The lowest BCUT2D eigenvalue weighted by molar-refractivity contribution is -0.135. The molecule has 2 N–H and O–H groups in total. The van der Waals surface area contributed by atoms with Crippen molar-refractivity contribution >= 4 is 5.69 Å². The second kappa shape index (κ2) is 5.26. The first-order valence-corrected chi connectivity index (χ1v) is 6.61. The average Bonchev–Trinajstić information content (AvgIpc) is 2.40. The highest BCUT2D eigenvalue weighted by atomic mass is 16.7. The highest BCUT2D eigenvalue weighted by Gasteiger charge is 2.25. The summed E-state index contributed by atoms with van der Waals surface area (Å²) in [5.74, 6) is 0. The lowest BCUT2D eigenvalue weighted by Crippen LogP contribution is -2.47. The van der Waals surface area contributed by atoms with Crippen LogP contribution in [0.4, 0.5) is 5.69 Å². The van der Waals surface area contributed by atoms with Crippen molar-refractivity contribution < 1.29 is 9.47 Å². The van der Waals surface area contributed by atoms with Crippen molar-refractivity contribution in [1.29, 1.82) is 0 Å². The van der Waals surface area contributed by atoms with Crippen LogP contribution in [0, 0.1) is 0 Å². The highest BCUT2D eigenvalue weighted by molar-refractivity contribution is 5.56. The molecule has 0 radical (unpaired) electrons. The van der Waals surface area contributed by atoms with Crippen molar-refractivity contribution in [3.63, 3.8) is 0 Å². The Hall–Kier alpha value is -1.10. The summed E-state index contributed by atoms with van der Waals surface area (Å²) < 4.78 is 10.8. The number of ether oxygens (including phenoxy) is 2. The lowest BCUT2D eigenvalue weighted by Gasteiger charge is -2.37. The Labute approximate surface area is 108 Å². The van der Waals surface area contributed by atoms with Crippen molar-refractivity contribution in [2.45, 2.75) is 25.0 Å². The molecule has 0 bridgehead atoms. The normalized spacial score (nSPS) is 27.9. The van der Waals surface area contributed by atoms with Crippen LogP contribution in [0.2, 0.25) is 0 Å². The van der Waals surface area contributed by atoms with Gasteiger partial charge in [-0.25, -0.2) is 0 Å². The number of anilines is 1. The summed E-state index contributed by atoms with van der Waals surface area (Å²) in [6, 6.07) is 8.75. The molecule has 0 aliphatic carbocycles. The number of hydrogen-bond donors (Lipinski definition) is 1. The van der Waals surface area contributed by atoms with E-state index in [9.17, 15) is 0 Å². The zero-order valence-electron chi connectivity index (χ0n) is 10.5. The van der Waals surface area contributed by atoms with Crippen molar-refractivity contribution in [3.8, 4) is 0 Å². The molecule has 2 aliphatic heterocycles. The van der Waals surface area contributed by atoms with Gasteiger partial charge in [-0.15, -0.1) is 0 Å². The summed E-state index contributed by atoms with van der Waals surface area (Å²) in [5.41, 5.74) is 8.80. The molecule has 0 aromatic heterocycles. The molecule has 3 rings (SSSR count). The molecule has 2 atom stereocenters. The molecule has 1 aromatic carbocycles. The fourth-order valence-corrected chi connectivity index (χ4v) is 2.78. The van der Waals surface area contributed by atoms with E-state index in [0.717, 1.165) is 32.5 Å². The van der Waals surface area contributed by atoms with Crippen LogP contribution in [0.3, 0.4) is 0 Å². The fraction of sp³-hybridized carbons (Fsp3) is 0.571. The third-order valence-corrected chi connectivity index (χ3v) is 3.66. The third kappa shape index (κ3) is 2.51. The van der Waals surface area contributed by atoms with Crippen LogP contribution >= 0.6 is 0 Å². The SMILES string of the molecule is NC1Cc2ccccc2N(CC2CCOCO2)C1. The summed E-state index contributed by atoms with van der Waals surface area (Å²) in [4.78, 5) is 2.36. The van der Waals surface area contributed by atoms with E-state index in [2.05, 4.69) is 29.2 Å². The molecule has 2 aliphatic rings. The quantitative estimate of drug-likeness (QED) is 0.852. The van der Waals surface area contributed by atoms with Crippen LogP contribution in [-0.4, -0.2) is 38.6 Å². The van der Waals surface area contributed by atoms with Gasteiger partial charge < -0.3 is 20.1 Å². The number of hydrogen-bond acceptors (Lipinski definition) is 4. The van der Waals surface area contributed by atoms with E-state index in [4.69, 9.17) is 15.2 Å². The monoisotopic (exact) mass is 248 g/mol. The molecule has 2 heterocycles. The summed E-state index contributed by atoms with van der Waals surface area (Å²) in [6.45, 7) is 3.05. The summed E-state index contributed by atoms with van der Waals surface area (Å²) in [6.07, 6.45) is 2.20. The van der Waals surface area contributed by atoms with E-state index in [0.29, 0.717) is 6.79 Å². The van der Waals surface area contributed by atoms with Gasteiger partial charge in [0.15, 0.2) is 0 Å². The number of nitrogens with two attached hydrogens (primary N) is 1. The van der Waals surface area contributed by atoms with Gasteiger partial charge in [0.05, 0.1) is 12.7 Å². The maximum atomic E-state index is 6.14. The Morgan fingerprint density at radius 3 is 3.06 bits per heavy atom. The standard InChI is InChI=1S/C14H20N2O2/c15-12-7-11-3-1-2-4-14(11)16(8-12)9-13-5-6-17-10-18-13/h1-4,12-13H,5-10,15H2. The molecular weight excluding hydrogens is 228 g/mol. The molecule has 2 unspecified atom stereocenters. The molecule has 0 saturated carbocycles. The Morgan fingerprint density at radius 1 is 1.33 bits per heavy atom. The van der Waals surface area contributed by atoms with Gasteiger partial charge in [-0.05, 0) is 24.5 Å². The molecule has 98 valence electrons. The smallest absolute Gasteiger partial charge is 0.147 e. The second-order valence-corrected chi connectivity index (χ2v) is 5.10. The van der Waals surface area contributed by atoms with Crippen LogP contribution in [0.25, 0.3) is 0 Å². The van der Waals surface area contributed by atoms with E-state index in [1.165, 1.54) is 11.3 Å². The maximum absolute atomic E-state index is 6.14. The van der Waals surface area contributed by atoms with Crippen LogP contribution in [0.1, 0.15) is 12.0 Å². The molecule has 1 aromatic rings. The minimum Gasteiger partial charge on any atom is -0.367 e. The van der Waals surface area contributed by atoms with E-state index in [-0.39, 0.29) is 12.1 Å². The molecular formula is C14H20N2O2. The van der Waals surface area contributed by atoms with Gasteiger partial charge >= 0.3 is 0 Å². The number of rotatable bonds is 2. The van der Waals surface area contributed by atoms with Gasteiger partial charge in [-0.2, -0.15) is 0 Å². The minimum absolute atomic E-state index is 0.222. The third-order valence-electron chi connectivity index (χ3n) is 3.66. The van der Waals surface area contributed by atoms with E-state index in [1.54, 1.807) is 0 Å². The lowest BCUT2D eigenvalue weighted by atomic mass is 9.98. The molecule has 1 saturated heterocycles. The Kier molecular flexibility index (Phi) is 3.50. The van der Waals surface area contributed by atoms with Gasteiger partial charge in [0.25, 0.3) is 0 Å². The van der Waals surface area contributed by atoms with Crippen molar-refractivity contribution in [1.82, 2.24) is 0 Å². The van der Waals surface area contributed by atoms with Crippen LogP contribution in [-0.2, 0) is 15.9 Å². The second-order valence-electron chi connectivity index (χ2n) is 5.10. The number of fused-ring (bicyclic) bond motifs is 1. The highest BCUT2D eigenvalue weighted by Crippen LogP contribution is 2.27. The molecule has 0 spiro atoms. The fourth-order valence-electron chi connectivity index (χ4n) is 2.78. The number of nitrogens with zero attached hydrogens (tertiary/aromatic N) is 1. The number of benzene rings is 1. The van der Waals surface area contributed by atoms with Crippen LogP contribution in [0.15, 0.2) is 24.3 Å². The first kappa shape index (κ1) is 12.0. The summed E-state index contributed by atoms with van der Waals surface area (Å²) >= 11 is 0. The van der Waals surface area contributed by atoms with Gasteiger partial charge in [-0.3, -0.25) is 0 Å². The van der Waals surface area contributed by atoms with Gasteiger partial charge in [0, 0.05) is 24.8 Å². The Bertz CT molecular complexity index is 405. The Morgan fingerprint density at radius 2 is 2.22 bits per heavy atom. The molecule has 1 fully saturated rings. The zero-order valence-corrected chi connectivity index (χ0v) is 10.5. The summed E-state index contributed by atoms with van der Waals surface area (Å²) in [7, 11) is 0. The predicted molar refractivity (Wildman–Crippen MR) is 70.6 cm³/mol. The molecule has 18 heavy (non-hydrogen) atoms.